The molecule has 3 fully saturated rings. The van der Waals surface area contributed by atoms with Crippen LogP contribution in [0.3, 0.4) is 0 Å². The molecule has 0 N–H and O–H groups in total. The van der Waals surface area contributed by atoms with Gasteiger partial charge in [-0.25, -0.2) is 4.98 Å². The highest BCUT2D eigenvalue weighted by Gasteiger charge is 2.33. The molecular formula is C23H31N5O2. The van der Waals surface area contributed by atoms with E-state index in [4.69, 9.17) is 4.52 Å². The molecule has 0 bridgehead atoms. The van der Waals surface area contributed by atoms with Gasteiger partial charge >= 0.3 is 0 Å². The number of anilines is 1. The van der Waals surface area contributed by atoms with Crippen molar-refractivity contribution in [2.45, 2.75) is 57.8 Å². The largest absolute Gasteiger partial charge is 0.355 e. The highest BCUT2D eigenvalue weighted by atomic mass is 16.5. The molecule has 0 spiro atoms. The van der Waals surface area contributed by atoms with Gasteiger partial charge in [0.25, 0.3) is 0 Å². The standard InChI is InChI=1S/C23H31N5O2/c1-16-6-4-13-28(14-16)23(29)18-9-5-12-27(15-18)21-19(10-3-11-24-21)20-25-22(30-26-20)17-7-2-8-17/h3,10-11,16-18H,2,4-9,12-15H2,1H3/t16-,18+/m0/s1. The molecule has 0 unspecified atom stereocenters. The van der Waals surface area contributed by atoms with E-state index in [2.05, 4.69) is 31.8 Å². The molecule has 2 atom stereocenters. The van der Waals surface area contributed by atoms with Gasteiger partial charge in [-0.3, -0.25) is 4.79 Å². The Morgan fingerprint density at radius 3 is 2.77 bits per heavy atom. The Morgan fingerprint density at radius 1 is 1.10 bits per heavy atom. The Kier molecular flexibility index (Phi) is 5.44. The van der Waals surface area contributed by atoms with Gasteiger partial charge in [0.05, 0.1) is 11.5 Å². The Labute approximate surface area is 177 Å². The molecule has 1 amide bonds. The summed E-state index contributed by atoms with van der Waals surface area (Å²) in [6, 6.07) is 3.93. The summed E-state index contributed by atoms with van der Waals surface area (Å²) in [6.07, 6.45) is 9.61. The number of hydrogen-bond donors (Lipinski definition) is 0. The van der Waals surface area contributed by atoms with Crippen LogP contribution < -0.4 is 4.90 Å². The number of rotatable bonds is 4. The fourth-order valence-corrected chi connectivity index (χ4v) is 5.01. The summed E-state index contributed by atoms with van der Waals surface area (Å²) in [5, 5.41) is 4.25. The summed E-state index contributed by atoms with van der Waals surface area (Å²) >= 11 is 0. The molecule has 0 radical (unpaired) electrons. The lowest BCUT2D eigenvalue weighted by Gasteiger charge is -2.38. The van der Waals surface area contributed by atoms with E-state index in [1.807, 2.05) is 18.3 Å². The lowest BCUT2D eigenvalue weighted by molar-refractivity contribution is -0.137. The highest BCUT2D eigenvalue weighted by Crippen LogP contribution is 2.37. The quantitative estimate of drug-likeness (QED) is 0.763. The molecule has 2 aromatic rings. The average Bonchev–Trinajstić information content (AvgIpc) is 3.21. The van der Waals surface area contributed by atoms with Crippen molar-refractivity contribution in [2.24, 2.45) is 11.8 Å². The van der Waals surface area contributed by atoms with Gasteiger partial charge in [0.2, 0.25) is 17.6 Å². The molecule has 2 aromatic heterocycles. The van der Waals surface area contributed by atoms with Crippen LogP contribution in [0.15, 0.2) is 22.9 Å². The number of likely N-dealkylation sites (tertiary alicyclic amines) is 1. The van der Waals surface area contributed by atoms with Crippen molar-refractivity contribution in [3.05, 3.63) is 24.2 Å². The first-order valence-electron chi connectivity index (χ1n) is 11.5. The second-order valence-corrected chi connectivity index (χ2v) is 9.28. The topological polar surface area (TPSA) is 75.4 Å². The highest BCUT2D eigenvalue weighted by molar-refractivity contribution is 5.80. The summed E-state index contributed by atoms with van der Waals surface area (Å²) in [6.45, 7) is 5.66. The fourth-order valence-electron chi connectivity index (χ4n) is 5.01. The van der Waals surface area contributed by atoms with E-state index in [1.165, 1.54) is 12.8 Å². The Morgan fingerprint density at radius 2 is 1.97 bits per heavy atom. The van der Waals surface area contributed by atoms with Crippen molar-refractivity contribution in [3.63, 3.8) is 0 Å². The minimum absolute atomic E-state index is 0.0368. The molecule has 5 rings (SSSR count). The number of carbonyl (C=O) groups excluding carboxylic acids is 1. The molecule has 7 nitrogen and oxygen atoms in total. The summed E-state index contributed by atoms with van der Waals surface area (Å²) in [7, 11) is 0. The summed E-state index contributed by atoms with van der Waals surface area (Å²) in [5.41, 5.74) is 0.895. The van der Waals surface area contributed by atoms with Gasteiger partial charge in [-0.05, 0) is 56.6 Å². The zero-order chi connectivity index (χ0) is 20.5. The Hall–Kier alpha value is -2.44. The molecule has 0 aromatic carbocycles. The Bertz CT molecular complexity index is 893. The minimum Gasteiger partial charge on any atom is -0.355 e. The van der Waals surface area contributed by atoms with Crippen LogP contribution in [0.2, 0.25) is 0 Å². The number of pyridine rings is 1. The predicted octanol–water partition coefficient (Wildman–Crippen LogP) is 3.87. The van der Waals surface area contributed by atoms with Crippen LogP contribution in [-0.2, 0) is 4.79 Å². The van der Waals surface area contributed by atoms with Gasteiger partial charge in [0, 0.05) is 38.3 Å². The van der Waals surface area contributed by atoms with Crippen molar-refractivity contribution in [1.82, 2.24) is 20.0 Å². The van der Waals surface area contributed by atoms with Gasteiger partial charge < -0.3 is 14.3 Å². The van der Waals surface area contributed by atoms with Crippen LogP contribution >= 0.6 is 0 Å². The SMILES string of the molecule is C[C@H]1CCCN(C(=O)[C@@H]2CCCN(c3ncccc3-c3noc(C4CCC4)n3)C2)C1. The molecular weight excluding hydrogens is 378 g/mol. The van der Waals surface area contributed by atoms with Gasteiger partial charge in [0.1, 0.15) is 5.82 Å². The Balaban J connectivity index is 1.34. The van der Waals surface area contributed by atoms with Crippen molar-refractivity contribution >= 4 is 11.7 Å². The molecule has 1 aliphatic carbocycles. The summed E-state index contributed by atoms with van der Waals surface area (Å²) < 4.78 is 5.55. The first-order valence-corrected chi connectivity index (χ1v) is 11.5. The molecule has 160 valence electrons. The van der Waals surface area contributed by atoms with E-state index in [0.29, 0.717) is 30.1 Å². The lowest BCUT2D eigenvalue weighted by Crippen LogP contribution is -2.48. The fraction of sp³-hybridized carbons (Fsp3) is 0.652. The summed E-state index contributed by atoms with van der Waals surface area (Å²) in [4.78, 5) is 26.9. The summed E-state index contributed by atoms with van der Waals surface area (Å²) in [5.74, 6) is 3.59. The minimum atomic E-state index is 0.0368. The molecule has 2 aliphatic heterocycles. The third kappa shape index (κ3) is 3.82. The number of piperidine rings is 2. The normalized spacial score (nSPS) is 25.2. The lowest BCUT2D eigenvalue weighted by atomic mass is 9.85. The van der Waals surface area contributed by atoms with Crippen molar-refractivity contribution in [1.29, 1.82) is 0 Å². The van der Waals surface area contributed by atoms with E-state index in [9.17, 15) is 4.79 Å². The third-order valence-electron chi connectivity index (χ3n) is 6.96. The molecule has 1 saturated carbocycles. The predicted molar refractivity (Wildman–Crippen MR) is 114 cm³/mol. The van der Waals surface area contributed by atoms with E-state index in [-0.39, 0.29) is 5.92 Å². The first-order chi connectivity index (χ1) is 14.7. The smallest absolute Gasteiger partial charge is 0.230 e. The third-order valence-corrected chi connectivity index (χ3v) is 6.96. The molecule has 3 aliphatic rings. The number of carbonyl (C=O) groups is 1. The van der Waals surface area contributed by atoms with Gasteiger partial charge in [-0.1, -0.05) is 18.5 Å². The maximum atomic E-state index is 13.2. The van der Waals surface area contributed by atoms with E-state index in [0.717, 1.165) is 69.0 Å². The molecule has 2 saturated heterocycles. The number of nitrogens with zero attached hydrogens (tertiary/aromatic N) is 5. The molecule has 7 heteroatoms. The van der Waals surface area contributed by atoms with Crippen LogP contribution in [0.4, 0.5) is 5.82 Å². The van der Waals surface area contributed by atoms with Crippen molar-refractivity contribution < 1.29 is 9.32 Å². The first kappa shape index (κ1) is 19.5. The van der Waals surface area contributed by atoms with Gasteiger partial charge in [-0.2, -0.15) is 4.98 Å². The van der Waals surface area contributed by atoms with Gasteiger partial charge in [0.15, 0.2) is 0 Å². The maximum absolute atomic E-state index is 13.2. The van der Waals surface area contributed by atoms with E-state index < -0.39 is 0 Å². The zero-order valence-corrected chi connectivity index (χ0v) is 17.8. The second-order valence-electron chi connectivity index (χ2n) is 9.28. The number of aromatic nitrogens is 3. The van der Waals surface area contributed by atoms with Crippen molar-refractivity contribution in [3.8, 4) is 11.4 Å². The molecule has 30 heavy (non-hydrogen) atoms. The average molecular weight is 410 g/mol. The van der Waals surface area contributed by atoms with Crippen molar-refractivity contribution in [2.75, 3.05) is 31.1 Å². The number of amides is 1. The van der Waals surface area contributed by atoms with Gasteiger partial charge in [-0.15, -0.1) is 0 Å². The van der Waals surface area contributed by atoms with Crippen LogP contribution in [0.25, 0.3) is 11.4 Å². The van der Waals surface area contributed by atoms with E-state index >= 15 is 0 Å². The van der Waals surface area contributed by atoms with E-state index in [1.54, 1.807) is 0 Å². The van der Waals surface area contributed by atoms with Crippen LogP contribution in [0.5, 0.6) is 0 Å². The van der Waals surface area contributed by atoms with Crippen LogP contribution in [0, 0.1) is 11.8 Å². The second kappa shape index (κ2) is 8.36. The maximum Gasteiger partial charge on any atom is 0.230 e. The van der Waals surface area contributed by atoms with Crippen LogP contribution in [-0.4, -0.2) is 52.1 Å². The zero-order valence-electron chi connectivity index (χ0n) is 17.8. The molecule has 4 heterocycles. The monoisotopic (exact) mass is 409 g/mol. The number of hydrogen-bond acceptors (Lipinski definition) is 6. The van der Waals surface area contributed by atoms with Crippen LogP contribution in [0.1, 0.15) is 63.7 Å².